The topological polar surface area (TPSA) is 129 Å². The zero-order valence-corrected chi connectivity index (χ0v) is 34.7. The van der Waals surface area contributed by atoms with Gasteiger partial charge >= 0.3 is 17.9 Å². The molecular weight excluding hydrogens is 660 g/mol. The summed E-state index contributed by atoms with van der Waals surface area (Å²) in [6.45, 7) is 29.4. The third-order valence-electron chi connectivity index (χ3n) is 9.58. The summed E-state index contributed by atoms with van der Waals surface area (Å²) in [7, 11) is 1.68. The Bertz CT molecular complexity index is 1330. The predicted octanol–water partition coefficient (Wildman–Crippen LogP) is 7.93. The maximum absolute atomic E-state index is 12.9. The maximum Gasteiger partial charge on any atom is 0.345 e. The molecule has 10 nitrogen and oxygen atoms in total. The molecule has 296 valence electrons. The molecule has 0 bridgehead atoms. The Morgan fingerprint density at radius 3 is 1.65 bits per heavy atom. The maximum atomic E-state index is 12.9. The van der Waals surface area contributed by atoms with Crippen molar-refractivity contribution in [3.63, 3.8) is 0 Å². The molecule has 2 atom stereocenters. The molecular formula is C42H70N2O8. The van der Waals surface area contributed by atoms with Crippen molar-refractivity contribution in [2.75, 3.05) is 40.1 Å². The van der Waals surface area contributed by atoms with Gasteiger partial charge in [0.1, 0.15) is 12.4 Å². The summed E-state index contributed by atoms with van der Waals surface area (Å²) < 4.78 is 20.4. The number of carbonyl (C=O) groups excluding carboxylic acids is 4. The van der Waals surface area contributed by atoms with Gasteiger partial charge in [0.15, 0.2) is 0 Å². The van der Waals surface area contributed by atoms with E-state index in [1.807, 2.05) is 33.6 Å². The first-order valence-corrected chi connectivity index (χ1v) is 18.9. The average molecular weight is 731 g/mol. The third kappa shape index (κ3) is 14.9. The van der Waals surface area contributed by atoms with Crippen molar-refractivity contribution in [2.24, 2.45) is 21.7 Å². The SMILES string of the molecule is C=O.CCOC.CCOC(=O)C(C(=O)OCC)=C1C=C(NC2CC(C)(C)CC(C)(CNC3=C/C(=C(\C)C(=O)OCC)CC(C)(C)C3)C2)CC(C)(C)C1. The molecule has 2 unspecified atom stereocenters. The minimum atomic E-state index is -0.627. The fourth-order valence-electron chi connectivity index (χ4n) is 8.00. The van der Waals surface area contributed by atoms with Gasteiger partial charge in [-0.15, -0.1) is 0 Å². The second-order valence-electron chi connectivity index (χ2n) is 16.9. The quantitative estimate of drug-likeness (QED) is 0.0672. The fourth-order valence-corrected chi connectivity index (χ4v) is 8.00. The summed E-state index contributed by atoms with van der Waals surface area (Å²) in [5.74, 6) is -1.50. The number of ether oxygens (including phenoxy) is 4. The van der Waals surface area contributed by atoms with Crippen molar-refractivity contribution in [3.05, 3.63) is 45.8 Å². The van der Waals surface area contributed by atoms with Gasteiger partial charge in [-0.3, -0.25) is 0 Å². The highest BCUT2D eigenvalue weighted by molar-refractivity contribution is 6.15. The van der Waals surface area contributed by atoms with E-state index in [9.17, 15) is 14.4 Å². The van der Waals surface area contributed by atoms with Crippen molar-refractivity contribution < 1.29 is 38.1 Å². The molecule has 3 aliphatic rings. The monoisotopic (exact) mass is 731 g/mol. The van der Waals surface area contributed by atoms with E-state index >= 15 is 0 Å². The minimum Gasteiger partial charge on any atom is -0.463 e. The Kier molecular flexibility index (Phi) is 18.6. The van der Waals surface area contributed by atoms with Crippen LogP contribution in [0.3, 0.4) is 0 Å². The third-order valence-corrected chi connectivity index (χ3v) is 9.58. The lowest BCUT2D eigenvalue weighted by Gasteiger charge is -2.48. The van der Waals surface area contributed by atoms with Crippen LogP contribution in [0.5, 0.6) is 0 Å². The van der Waals surface area contributed by atoms with Crippen LogP contribution >= 0.6 is 0 Å². The van der Waals surface area contributed by atoms with Crippen LogP contribution < -0.4 is 10.6 Å². The van der Waals surface area contributed by atoms with Crippen LogP contribution in [0.15, 0.2) is 45.8 Å². The van der Waals surface area contributed by atoms with E-state index in [-0.39, 0.29) is 52.5 Å². The molecule has 0 aromatic heterocycles. The summed E-state index contributed by atoms with van der Waals surface area (Å²) in [6.07, 6.45) is 10.4. The second-order valence-corrected chi connectivity index (χ2v) is 16.9. The first-order valence-electron chi connectivity index (χ1n) is 18.9. The highest BCUT2D eigenvalue weighted by Gasteiger charge is 2.42. The van der Waals surface area contributed by atoms with Crippen LogP contribution in [-0.2, 0) is 38.1 Å². The molecule has 10 heteroatoms. The number of hydrogen-bond donors (Lipinski definition) is 2. The average Bonchev–Trinajstić information content (AvgIpc) is 3.02. The minimum absolute atomic E-state index is 0.00378. The van der Waals surface area contributed by atoms with Gasteiger partial charge in [0.25, 0.3) is 0 Å². The molecule has 1 saturated carbocycles. The number of nitrogens with one attached hydrogen (secondary N) is 2. The second kappa shape index (κ2) is 20.7. The zero-order chi connectivity index (χ0) is 39.9. The molecule has 0 aromatic carbocycles. The van der Waals surface area contributed by atoms with Gasteiger partial charge in [0.05, 0.1) is 19.8 Å². The molecule has 0 heterocycles. The zero-order valence-electron chi connectivity index (χ0n) is 34.7. The lowest BCUT2D eigenvalue weighted by molar-refractivity contribution is -0.146. The molecule has 0 amide bonds. The van der Waals surface area contributed by atoms with Gasteiger partial charge in [-0.05, 0) is 125 Å². The predicted molar refractivity (Wildman–Crippen MR) is 207 cm³/mol. The van der Waals surface area contributed by atoms with E-state index in [1.54, 1.807) is 21.0 Å². The standard InChI is InChI=1S/C38H60N2O6.C3H8O.CH2O/c1-12-44-32(41)25(4)26-15-28(19-35(5,6)17-26)39-24-38(11)22-30(21-37(9,10)23-38)40-29-16-27(18-36(7,8)20-29)31(33(42)45-13-2)34(43)46-14-3;1-3-4-2;1-2/h15-16,30,39-40H,12-14,17-24H2,1-11H3;3H2,1-2H3;1H2/b26-25-;;. The fraction of sp³-hybridized carbons (Fsp3) is 0.714. The van der Waals surface area contributed by atoms with Crippen LogP contribution in [0, 0.1) is 21.7 Å². The van der Waals surface area contributed by atoms with Gasteiger partial charge in [0.2, 0.25) is 0 Å². The Morgan fingerprint density at radius 1 is 0.692 bits per heavy atom. The smallest absolute Gasteiger partial charge is 0.345 e. The van der Waals surface area contributed by atoms with Crippen molar-refractivity contribution >= 4 is 24.7 Å². The van der Waals surface area contributed by atoms with Crippen molar-refractivity contribution in [1.82, 2.24) is 10.6 Å². The number of methoxy groups -OCH3 is 1. The number of carbonyl (C=O) groups is 4. The first kappa shape index (κ1) is 46.6. The van der Waals surface area contributed by atoms with Crippen LogP contribution in [-0.4, -0.2) is 70.8 Å². The van der Waals surface area contributed by atoms with Crippen LogP contribution in [0.2, 0.25) is 0 Å². The number of rotatable bonds is 12. The molecule has 1 fully saturated rings. The summed E-state index contributed by atoms with van der Waals surface area (Å²) >= 11 is 0. The van der Waals surface area contributed by atoms with Crippen molar-refractivity contribution in [2.45, 2.75) is 134 Å². The number of esters is 3. The Morgan fingerprint density at radius 2 is 1.15 bits per heavy atom. The van der Waals surface area contributed by atoms with Crippen LogP contribution in [0.1, 0.15) is 128 Å². The van der Waals surface area contributed by atoms with Gasteiger partial charge < -0.3 is 34.4 Å². The molecule has 0 aliphatic heterocycles. The first-order chi connectivity index (χ1) is 24.2. The van der Waals surface area contributed by atoms with E-state index in [0.717, 1.165) is 62.9 Å². The Hall–Kier alpha value is -3.40. The van der Waals surface area contributed by atoms with E-state index in [4.69, 9.17) is 19.0 Å². The summed E-state index contributed by atoms with van der Waals surface area (Å²) in [5, 5.41) is 7.68. The van der Waals surface area contributed by atoms with E-state index < -0.39 is 11.9 Å². The lowest BCUT2D eigenvalue weighted by Crippen LogP contribution is -2.48. The molecule has 3 rings (SSSR count). The Balaban J connectivity index is 0.00000210. The molecule has 52 heavy (non-hydrogen) atoms. The molecule has 3 aliphatic carbocycles. The Labute approximate surface area is 314 Å². The lowest BCUT2D eigenvalue weighted by atomic mass is 9.62. The molecule has 2 N–H and O–H groups in total. The largest absolute Gasteiger partial charge is 0.463 e. The van der Waals surface area contributed by atoms with E-state index in [0.29, 0.717) is 24.2 Å². The van der Waals surface area contributed by atoms with E-state index in [2.05, 4.69) is 69.9 Å². The molecule has 0 aromatic rings. The van der Waals surface area contributed by atoms with Gasteiger partial charge in [0, 0.05) is 43.3 Å². The molecule has 0 saturated heterocycles. The van der Waals surface area contributed by atoms with E-state index in [1.165, 1.54) is 5.70 Å². The normalized spacial score (nSPS) is 23.8. The van der Waals surface area contributed by atoms with Crippen molar-refractivity contribution in [3.8, 4) is 0 Å². The molecule has 0 spiro atoms. The molecule has 0 radical (unpaired) electrons. The van der Waals surface area contributed by atoms with Crippen LogP contribution in [0.4, 0.5) is 0 Å². The summed E-state index contributed by atoms with van der Waals surface area (Å²) in [5.41, 5.74) is 4.63. The van der Waals surface area contributed by atoms with Crippen LogP contribution in [0.25, 0.3) is 0 Å². The van der Waals surface area contributed by atoms with Gasteiger partial charge in [-0.2, -0.15) is 0 Å². The van der Waals surface area contributed by atoms with Gasteiger partial charge in [-0.25, -0.2) is 14.4 Å². The highest BCUT2D eigenvalue weighted by Crippen LogP contribution is 2.47. The summed E-state index contributed by atoms with van der Waals surface area (Å²) in [4.78, 5) is 46.4. The van der Waals surface area contributed by atoms with Gasteiger partial charge in [-0.1, -0.05) is 48.5 Å². The van der Waals surface area contributed by atoms with Crippen molar-refractivity contribution in [1.29, 1.82) is 0 Å². The summed E-state index contributed by atoms with van der Waals surface area (Å²) in [6, 6.07) is 0.226. The number of allylic oxidation sites excluding steroid dienone is 6. The number of hydrogen-bond acceptors (Lipinski definition) is 10. The highest BCUT2D eigenvalue weighted by atomic mass is 16.6.